The van der Waals surface area contributed by atoms with Crippen LogP contribution in [0.25, 0.3) is 4.91 Å². The van der Waals surface area contributed by atoms with E-state index in [1.807, 2.05) is 18.2 Å². The molecule has 0 radical (unpaired) electrons. The Morgan fingerprint density at radius 3 is 2.74 bits per heavy atom. The van der Waals surface area contributed by atoms with Gasteiger partial charge in [-0.2, -0.15) is 0 Å². The van der Waals surface area contributed by atoms with Gasteiger partial charge in [-0.05, 0) is 31.2 Å². The molecule has 2 N–H and O–H groups in total. The minimum atomic E-state index is 0.578. The Balaban J connectivity index is 1.53. The van der Waals surface area contributed by atoms with E-state index < -0.39 is 0 Å². The number of thioether (sulfide) groups is 1. The van der Waals surface area contributed by atoms with Crippen LogP contribution < -0.4 is 15.5 Å². The van der Waals surface area contributed by atoms with Crippen molar-refractivity contribution in [3.8, 4) is 0 Å². The van der Waals surface area contributed by atoms with Gasteiger partial charge in [-0.25, -0.2) is 9.97 Å². The summed E-state index contributed by atoms with van der Waals surface area (Å²) in [5.74, 6) is 1.53. The largest absolute Gasteiger partial charge is 0.368 e. The van der Waals surface area contributed by atoms with Crippen LogP contribution >= 0.6 is 23.4 Å². The van der Waals surface area contributed by atoms with Crippen LogP contribution in [0, 0.1) is 0 Å². The highest BCUT2D eigenvalue weighted by atomic mass is 35.5. The zero-order valence-electron chi connectivity index (χ0n) is 15.5. The maximum Gasteiger partial charge on any atom is 0.227 e. The first-order valence-corrected chi connectivity index (χ1v) is 10.4. The van der Waals surface area contributed by atoms with Gasteiger partial charge in [0, 0.05) is 50.8 Å². The molecule has 1 saturated heterocycles. The molecule has 8 heteroatoms. The van der Waals surface area contributed by atoms with E-state index in [-0.39, 0.29) is 0 Å². The summed E-state index contributed by atoms with van der Waals surface area (Å²) in [7, 11) is 2.09. The molecule has 3 heterocycles. The van der Waals surface area contributed by atoms with Crippen LogP contribution in [0.3, 0.4) is 0 Å². The fraction of sp³-hybridized carbons (Fsp3) is 0.368. The average Bonchev–Trinajstić information content (AvgIpc) is 3.02. The van der Waals surface area contributed by atoms with E-state index in [1.54, 1.807) is 18.0 Å². The second kappa shape index (κ2) is 7.96. The molecule has 1 aromatic heterocycles. The van der Waals surface area contributed by atoms with Crippen molar-refractivity contribution in [2.45, 2.75) is 6.92 Å². The molecular weight excluding hydrogens is 380 g/mol. The second-order valence-electron chi connectivity index (χ2n) is 6.68. The van der Waals surface area contributed by atoms with Crippen molar-refractivity contribution < 1.29 is 0 Å². The Labute approximate surface area is 169 Å². The summed E-state index contributed by atoms with van der Waals surface area (Å²) < 4.78 is 0. The minimum absolute atomic E-state index is 0.578. The lowest BCUT2D eigenvalue weighted by molar-refractivity contribution is 0.506. The number of halogens is 1. The first-order chi connectivity index (χ1) is 13.1. The normalized spacial score (nSPS) is 17.6. The third-order valence-electron chi connectivity index (χ3n) is 4.85. The molecule has 1 aromatic carbocycles. The maximum absolute atomic E-state index is 6.54. The van der Waals surface area contributed by atoms with Crippen molar-refractivity contribution in [3.05, 3.63) is 46.9 Å². The van der Waals surface area contributed by atoms with Crippen LogP contribution in [-0.2, 0) is 0 Å². The summed E-state index contributed by atoms with van der Waals surface area (Å²) in [6.45, 7) is 6.04. The van der Waals surface area contributed by atoms with Crippen molar-refractivity contribution in [1.29, 1.82) is 0 Å². The van der Waals surface area contributed by atoms with Crippen LogP contribution in [0.2, 0.25) is 5.02 Å². The van der Waals surface area contributed by atoms with Crippen LogP contribution in [0.1, 0.15) is 12.6 Å². The van der Waals surface area contributed by atoms with Gasteiger partial charge in [0.2, 0.25) is 5.95 Å². The summed E-state index contributed by atoms with van der Waals surface area (Å²) in [6.07, 6.45) is 1.79. The molecule has 2 aliphatic rings. The fourth-order valence-corrected chi connectivity index (χ4v) is 4.66. The molecule has 0 unspecified atom stereocenters. The predicted molar refractivity (Wildman–Crippen MR) is 115 cm³/mol. The average molecular weight is 403 g/mol. The van der Waals surface area contributed by atoms with Crippen LogP contribution in [0.5, 0.6) is 0 Å². The van der Waals surface area contributed by atoms with Gasteiger partial charge in [0.15, 0.2) is 0 Å². The smallest absolute Gasteiger partial charge is 0.227 e. The Hall–Kier alpha value is -1.96. The summed E-state index contributed by atoms with van der Waals surface area (Å²) in [6, 6.07) is 7.99. The monoisotopic (exact) mass is 402 g/mol. The number of anilines is 3. The van der Waals surface area contributed by atoms with Crippen LogP contribution in [-0.4, -0.2) is 54.0 Å². The highest BCUT2D eigenvalue weighted by molar-refractivity contribution is 8.08. The number of rotatable bonds is 4. The zero-order chi connectivity index (χ0) is 18.8. The highest BCUT2D eigenvalue weighted by Crippen LogP contribution is 2.37. The number of aromatic nitrogens is 2. The summed E-state index contributed by atoms with van der Waals surface area (Å²) in [5.41, 5.74) is 4.15. The van der Waals surface area contributed by atoms with E-state index in [0.29, 0.717) is 5.95 Å². The molecule has 6 nitrogen and oxygen atoms in total. The molecule has 27 heavy (non-hydrogen) atoms. The Morgan fingerprint density at radius 2 is 2.04 bits per heavy atom. The number of hydrogen-bond donors (Lipinski definition) is 2. The lowest BCUT2D eigenvalue weighted by atomic mass is 10.2. The first-order valence-electron chi connectivity index (χ1n) is 9.02. The number of allylic oxidation sites excluding steroid dienone is 1. The highest BCUT2D eigenvalue weighted by Gasteiger charge is 2.19. The number of benzene rings is 1. The minimum Gasteiger partial charge on any atom is -0.368 e. The van der Waals surface area contributed by atoms with Gasteiger partial charge in [0.1, 0.15) is 0 Å². The van der Waals surface area contributed by atoms with Gasteiger partial charge in [0.25, 0.3) is 0 Å². The Kier molecular flexibility index (Phi) is 5.43. The molecule has 142 valence electrons. The topological polar surface area (TPSA) is 56.3 Å². The van der Waals surface area contributed by atoms with Crippen molar-refractivity contribution in [2.75, 3.05) is 49.3 Å². The van der Waals surface area contributed by atoms with Crippen molar-refractivity contribution in [3.63, 3.8) is 0 Å². The van der Waals surface area contributed by atoms with Gasteiger partial charge >= 0.3 is 0 Å². The van der Waals surface area contributed by atoms with E-state index in [4.69, 9.17) is 11.6 Å². The SMILES string of the molecule is CC1=C(c2ccnc(Nc3ccc(N4CCNCC4)c(Cl)c3)n2)SCN1C. The molecule has 0 atom stereocenters. The lowest BCUT2D eigenvalue weighted by Crippen LogP contribution is -2.43. The van der Waals surface area contributed by atoms with E-state index in [2.05, 4.69) is 50.4 Å². The van der Waals surface area contributed by atoms with Crippen molar-refractivity contribution >= 4 is 45.6 Å². The van der Waals surface area contributed by atoms with E-state index >= 15 is 0 Å². The molecule has 0 spiro atoms. The molecule has 2 aromatic rings. The number of piperazine rings is 1. The van der Waals surface area contributed by atoms with Crippen LogP contribution in [0.15, 0.2) is 36.2 Å². The van der Waals surface area contributed by atoms with Gasteiger partial charge in [0.05, 0.1) is 27.2 Å². The molecule has 0 saturated carbocycles. The van der Waals surface area contributed by atoms with Gasteiger partial charge in [-0.1, -0.05) is 11.6 Å². The van der Waals surface area contributed by atoms with E-state index in [0.717, 1.165) is 54.1 Å². The second-order valence-corrected chi connectivity index (χ2v) is 8.04. The zero-order valence-corrected chi connectivity index (χ0v) is 17.1. The molecule has 4 rings (SSSR count). The molecular formula is C19H23ClN6S. The number of nitrogens with zero attached hydrogens (tertiary/aromatic N) is 4. The number of hydrogen-bond acceptors (Lipinski definition) is 7. The Bertz CT molecular complexity index is 865. The molecule has 0 amide bonds. The van der Waals surface area contributed by atoms with Gasteiger partial charge in [-0.15, -0.1) is 11.8 Å². The predicted octanol–water partition coefficient (Wildman–Crippen LogP) is 3.61. The summed E-state index contributed by atoms with van der Waals surface area (Å²) >= 11 is 8.34. The fourth-order valence-electron chi connectivity index (χ4n) is 3.22. The standard InChI is InChI=1S/C19H23ClN6S/c1-13-18(27-12-25(13)2)16-5-6-22-19(24-16)23-14-3-4-17(15(20)11-14)26-9-7-21-8-10-26/h3-6,11,21H,7-10,12H2,1-2H3,(H,22,23,24). The quantitative estimate of drug-likeness (QED) is 0.810. The van der Waals surface area contributed by atoms with E-state index in [1.165, 1.54) is 10.6 Å². The molecule has 2 aliphatic heterocycles. The van der Waals surface area contributed by atoms with Crippen molar-refractivity contribution in [1.82, 2.24) is 20.2 Å². The van der Waals surface area contributed by atoms with E-state index in [9.17, 15) is 0 Å². The third-order valence-corrected chi connectivity index (χ3v) is 6.47. The lowest BCUT2D eigenvalue weighted by Gasteiger charge is -2.30. The first kappa shape index (κ1) is 18.4. The van der Waals surface area contributed by atoms with Gasteiger partial charge in [-0.3, -0.25) is 0 Å². The van der Waals surface area contributed by atoms with Gasteiger partial charge < -0.3 is 20.4 Å². The molecule has 0 aliphatic carbocycles. The molecule has 0 bridgehead atoms. The molecule has 1 fully saturated rings. The van der Waals surface area contributed by atoms with Crippen molar-refractivity contribution in [2.24, 2.45) is 0 Å². The summed E-state index contributed by atoms with van der Waals surface area (Å²) in [5, 5.41) is 7.38. The Morgan fingerprint density at radius 1 is 1.22 bits per heavy atom. The maximum atomic E-state index is 6.54. The summed E-state index contributed by atoms with van der Waals surface area (Å²) in [4.78, 5) is 14.8. The number of nitrogens with one attached hydrogen (secondary N) is 2. The third kappa shape index (κ3) is 4.00. The van der Waals surface area contributed by atoms with Crippen LogP contribution in [0.4, 0.5) is 17.3 Å².